The van der Waals surface area contributed by atoms with Crippen LogP contribution in [0.1, 0.15) is 55.8 Å². The van der Waals surface area contributed by atoms with Crippen LogP contribution >= 0.6 is 0 Å². The molecule has 4 N–H and O–H groups in total. The Hall–Kier alpha value is -6.72. The molecule has 17 nitrogen and oxygen atoms in total. The lowest BCUT2D eigenvalue weighted by Crippen LogP contribution is -2.54. The minimum absolute atomic E-state index is 0.0612. The number of hydrogen-bond donors (Lipinski definition) is 4. The summed E-state index contributed by atoms with van der Waals surface area (Å²) in [6.45, 7) is 8.92. The maximum Gasteiger partial charge on any atom is 0.262 e. The molecule has 6 heterocycles. The van der Waals surface area contributed by atoms with Crippen molar-refractivity contribution < 1.29 is 28.7 Å². The van der Waals surface area contributed by atoms with Crippen LogP contribution in [0.25, 0.3) is 11.0 Å². The summed E-state index contributed by atoms with van der Waals surface area (Å²) in [5.74, 6) is -1.23. The van der Waals surface area contributed by atoms with E-state index in [0.29, 0.717) is 44.6 Å². The molecule has 17 heteroatoms. The second-order valence-electron chi connectivity index (χ2n) is 16.1. The van der Waals surface area contributed by atoms with Crippen molar-refractivity contribution in [1.82, 2.24) is 40.2 Å². The minimum Gasteiger partial charge on any atom is -0.378 e. The van der Waals surface area contributed by atoms with E-state index in [2.05, 4.69) is 75.3 Å². The highest BCUT2D eigenvalue weighted by molar-refractivity contribution is 6.23. The van der Waals surface area contributed by atoms with Crippen LogP contribution in [-0.2, 0) is 39.1 Å². The fourth-order valence-corrected chi connectivity index (χ4v) is 8.53. The molecule has 5 aromatic rings. The number of nitrogens with zero attached hydrogens (tertiary/aromatic N) is 7. The molecule has 0 radical (unpaired) electrons. The lowest BCUT2D eigenvalue weighted by Gasteiger charge is -2.40. The molecule has 3 aromatic carbocycles. The molecule has 1 unspecified atom stereocenters. The number of carbonyl (C=O) groups excluding carboxylic acids is 5. The van der Waals surface area contributed by atoms with Gasteiger partial charge in [-0.15, -0.1) is 0 Å². The van der Waals surface area contributed by atoms with E-state index in [1.807, 2.05) is 18.0 Å². The van der Waals surface area contributed by atoms with Gasteiger partial charge in [0.2, 0.25) is 23.7 Å². The Bertz CT molecular complexity index is 2580. The summed E-state index contributed by atoms with van der Waals surface area (Å²) in [4.78, 5) is 77.8. The van der Waals surface area contributed by atoms with Gasteiger partial charge in [-0.3, -0.25) is 39.1 Å². The summed E-state index contributed by atoms with van der Waals surface area (Å²) in [6.07, 6.45) is 2.91. The third-order valence-corrected chi connectivity index (χ3v) is 12.0. The van der Waals surface area contributed by atoms with Gasteiger partial charge in [-0.2, -0.15) is 10.1 Å². The summed E-state index contributed by atoms with van der Waals surface area (Å²) in [6, 6.07) is 16.5. The van der Waals surface area contributed by atoms with E-state index in [0.717, 1.165) is 70.2 Å². The molecule has 1 atom stereocenters. The Labute approximate surface area is 351 Å². The lowest BCUT2D eigenvalue weighted by molar-refractivity contribution is -0.136. The molecule has 4 aliphatic rings. The van der Waals surface area contributed by atoms with Gasteiger partial charge in [0, 0.05) is 76.0 Å². The average molecular weight is 826 g/mol. The average Bonchev–Trinajstić information content (AvgIpc) is 3.66. The fraction of sp³-hybridized carbons (Fsp3) is 0.364. The van der Waals surface area contributed by atoms with Crippen molar-refractivity contribution in [2.24, 2.45) is 13.0 Å². The number of para-hydroxylation sites is 1. The third-order valence-electron chi connectivity index (χ3n) is 12.0. The van der Waals surface area contributed by atoms with E-state index in [1.165, 1.54) is 11.1 Å². The SMILES string of the molecule is Cc1cccc(C)c1Nc1nn(C)c2nc(Nc3ccc4c(c3)CN(CCOCCNC(=O)C3CN(c5ccc6c(c5)C(=O)N(C5CCC(=O)NC5=O)C6=O)C3)CC4)ncc12. The number of aromatic nitrogens is 4. The molecular formula is C44H47N11O6. The smallest absolute Gasteiger partial charge is 0.262 e. The zero-order chi connectivity index (χ0) is 42.4. The molecule has 2 aromatic heterocycles. The number of amides is 5. The van der Waals surface area contributed by atoms with E-state index in [-0.39, 0.29) is 35.8 Å². The van der Waals surface area contributed by atoms with E-state index in [1.54, 1.807) is 29.1 Å². The van der Waals surface area contributed by atoms with Crippen LogP contribution < -0.4 is 26.2 Å². The normalized spacial score (nSPS) is 17.9. The van der Waals surface area contributed by atoms with Gasteiger partial charge in [-0.05, 0) is 79.3 Å². The van der Waals surface area contributed by atoms with Crippen LogP contribution in [0.4, 0.5) is 28.8 Å². The number of piperidine rings is 1. The quantitative estimate of drug-likeness (QED) is 0.0997. The Morgan fingerprint density at radius 3 is 2.52 bits per heavy atom. The van der Waals surface area contributed by atoms with E-state index in [9.17, 15) is 24.0 Å². The van der Waals surface area contributed by atoms with Crippen LogP contribution in [0, 0.1) is 19.8 Å². The molecule has 5 amide bonds. The van der Waals surface area contributed by atoms with Gasteiger partial charge in [0.15, 0.2) is 11.5 Å². The Morgan fingerprint density at radius 1 is 0.918 bits per heavy atom. The van der Waals surface area contributed by atoms with Crippen molar-refractivity contribution in [3.63, 3.8) is 0 Å². The van der Waals surface area contributed by atoms with Gasteiger partial charge in [0.25, 0.3) is 11.8 Å². The van der Waals surface area contributed by atoms with Crippen molar-refractivity contribution in [2.45, 2.75) is 45.7 Å². The Kier molecular flexibility index (Phi) is 10.7. The third kappa shape index (κ3) is 7.89. The van der Waals surface area contributed by atoms with Crippen LogP contribution in [0.3, 0.4) is 0 Å². The van der Waals surface area contributed by atoms with Gasteiger partial charge in [0.05, 0.1) is 35.6 Å². The van der Waals surface area contributed by atoms with Crippen LogP contribution in [0.15, 0.2) is 60.8 Å². The van der Waals surface area contributed by atoms with Crippen LogP contribution in [0.5, 0.6) is 0 Å². The van der Waals surface area contributed by atoms with Crippen molar-refractivity contribution >= 4 is 69.4 Å². The van der Waals surface area contributed by atoms with Crippen molar-refractivity contribution in [2.75, 3.05) is 61.5 Å². The first kappa shape index (κ1) is 39.7. The topological polar surface area (TPSA) is 196 Å². The number of imide groups is 2. The predicted octanol–water partition coefficient (Wildman–Crippen LogP) is 3.50. The highest BCUT2D eigenvalue weighted by Gasteiger charge is 2.45. The van der Waals surface area contributed by atoms with Gasteiger partial charge < -0.3 is 25.6 Å². The summed E-state index contributed by atoms with van der Waals surface area (Å²) >= 11 is 0. The first-order valence-electron chi connectivity index (χ1n) is 20.6. The maximum absolute atomic E-state index is 13.2. The van der Waals surface area contributed by atoms with Crippen LogP contribution in [-0.4, -0.2) is 111 Å². The number of ether oxygens (including phenoxy) is 1. The Balaban J connectivity index is 0.702. The molecule has 0 bridgehead atoms. The second kappa shape index (κ2) is 16.4. The van der Waals surface area contributed by atoms with Crippen LogP contribution in [0.2, 0.25) is 0 Å². The Morgan fingerprint density at radius 2 is 1.72 bits per heavy atom. The highest BCUT2D eigenvalue weighted by Crippen LogP contribution is 2.34. The number of fused-ring (bicyclic) bond motifs is 3. The largest absolute Gasteiger partial charge is 0.378 e. The molecular weight excluding hydrogens is 779 g/mol. The first-order valence-corrected chi connectivity index (χ1v) is 20.6. The van der Waals surface area contributed by atoms with Crippen molar-refractivity contribution in [3.8, 4) is 0 Å². The van der Waals surface area contributed by atoms with E-state index >= 15 is 0 Å². The zero-order valence-electron chi connectivity index (χ0n) is 34.3. The van der Waals surface area contributed by atoms with E-state index in [4.69, 9.17) is 14.8 Å². The number of rotatable bonds is 13. The molecule has 2 saturated heterocycles. The van der Waals surface area contributed by atoms with Gasteiger partial charge in [-0.25, -0.2) is 9.67 Å². The summed E-state index contributed by atoms with van der Waals surface area (Å²) in [5, 5.41) is 17.6. The van der Waals surface area contributed by atoms with Crippen molar-refractivity contribution in [1.29, 1.82) is 0 Å². The molecule has 9 rings (SSSR count). The summed E-state index contributed by atoms with van der Waals surface area (Å²) in [7, 11) is 1.88. The molecule has 61 heavy (non-hydrogen) atoms. The molecule has 0 spiro atoms. The minimum atomic E-state index is -1.01. The molecule has 2 fully saturated rings. The van der Waals surface area contributed by atoms with E-state index < -0.39 is 29.7 Å². The van der Waals surface area contributed by atoms with Gasteiger partial charge in [0.1, 0.15) is 6.04 Å². The molecule has 0 aliphatic carbocycles. The predicted molar refractivity (Wildman–Crippen MR) is 227 cm³/mol. The summed E-state index contributed by atoms with van der Waals surface area (Å²) < 4.78 is 7.67. The van der Waals surface area contributed by atoms with Crippen molar-refractivity contribution in [3.05, 3.63) is 94.2 Å². The standard InChI is InChI=1S/C44H47N11O6/c1-25-5-4-6-26(2)37(25)49-38-34-21-46-44(50-39(34)52(3)51-38)47-30-8-7-27-13-15-53(22-28(27)19-30)16-18-61-17-14-45-40(57)29-23-54(24-29)31-9-10-32-33(20-31)43(60)55(42(32)59)35-11-12-36(56)48-41(35)58/h4-10,19-21,29,35H,11-18,22-24H2,1-3H3,(H,45,57)(H,49,51)(H,46,47,50)(H,48,56,58). The number of carbonyl (C=O) groups is 5. The number of anilines is 5. The lowest BCUT2D eigenvalue weighted by atomic mass is 9.97. The fourth-order valence-electron chi connectivity index (χ4n) is 8.53. The van der Waals surface area contributed by atoms with Gasteiger partial charge >= 0.3 is 0 Å². The first-order chi connectivity index (χ1) is 29.5. The molecule has 4 aliphatic heterocycles. The number of hydrogen-bond acceptors (Lipinski definition) is 13. The highest BCUT2D eigenvalue weighted by atomic mass is 16.5. The molecule has 314 valence electrons. The zero-order valence-corrected chi connectivity index (χ0v) is 34.3. The summed E-state index contributed by atoms with van der Waals surface area (Å²) in [5.41, 5.74) is 8.67. The maximum atomic E-state index is 13.2. The number of nitrogens with one attached hydrogen (secondary N) is 4. The number of aryl methyl sites for hydroxylation is 3. The second-order valence-corrected chi connectivity index (χ2v) is 16.1. The van der Waals surface area contributed by atoms with Gasteiger partial charge in [-0.1, -0.05) is 24.3 Å². The molecule has 0 saturated carbocycles. The monoisotopic (exact) mass is 825 g/mol. The number of benzene rings is 3.